The van der Waals surface area contributed by atoms with Crippen molar-refractivity contribution in [3.63, 3.8) is 0 Å². The fourth-order valence-corrected chi connectivity index (χ4v) is 3.51. The summed E-state index contributed by atoms with van der Waals surface area (Å²) in [5.41, 5.74) is 3.28. The Hall–Kier alpha value is -3.37. The van der Waals surface area contributed by atoms with Gasteiger partial charge < -0.3 is 10.1 Å². The van der Waals surface area contributed by atoms with E-state index in [0.29, 0.717) is 28.4 Å². The number of aromatic nitrogens is 1. The van der Waals surface area contributed by atoms with E-state index in [4.69, 9.17) is 4.74 Å². The average molecular weight is 405 g/mol. The van der Waals surface area contributed by atoms with Crippen LogP contribution in [0, 0.1) is 18.3 Å². The number of aryl methyl sites for hydroxylation is 1. The van der Waals surface area contributed by atoms with Gasteiger partial charge in [0, 0.05) is 11.1 Å². The molecular formula is C22H19N3O3S. The van der Waals surface area contributed by atoms with Crippen molar-refractivity contribution in [2.24, 2.45) is 0 Å². The van der Waals surface area contributed by atoms with E-state index in [0.717, 1.165) is 16.5 Å². The van der Waals surface area contributed by atoms with Gasteiger partial charge in [0.2, 0.25) is 5.91 Å². The summed E-state index contributed by atoms with van der Waals surface area (Å²) in [4.78, 5) is 28.6. The number of hydrogen-bond acceptors (Lipinski definition) is 6. The van der Waals surface area contributed by atoms with Crippen molar-refractivity contribution in [1.82, 2.24) is 4.98 Å². The highest BCUT2D eigenvalue weighted by molar-refractivity contribution is 8.00. The van der Waals surface area contributed by atoms with Crippen LogP contribution < -0.4 is 5.32 Å². The maximum absolute atomic E-state index is 12.3. The molecule has 0 saturated carbocycles. The van der Waals surface area contributed by atoms with Gasteiger partial charge in [0.05, 0.1) is 29.0 Å². The van der Waals surface area contributed by atoms with Crippen molar-refractivity contribution in [3.8, 4) is 6.07 Å². The van der Waals surface area contributed by atoms with Gasteiger partial charge in [-0.25, -0.2) is 9.78 Å². The highest BCUT2D eigenvalue weighted by atomic mass is 32.2. The first-order valence-electron chi connectivity index (χ1n) is 9.02. The van der Waals surface area contributed by atoms with Crippen LogP contribution in [0.1, 0.15) is 28.4 Å². The van der Waals surface area contributed by atoms with Crippen LogP contribution in [0.4, 0.5) is 5.69 Å². The van der Waals surface area contributed by atoms with E-state index in [1.54, 1.807) is 37.3 Å². The highest BCUT2D eigenvalue weighted by Gasteiger charge is 2.12. The standard InChI is InChI=1S/C22H19N3O3S/c1-3-28-22(27)15-7-9-18(10-8-15)24-19(26)13-29-21-17(12-23)11-16-6-4-5-14(2)20(16)25-21/h4-11H,3,13H2,1-2H3,(H,24,26). The molecule has 6 nitrogen and oxygen atoms in total. The van der Waals surface area contributed by atoms with Crippen LogP contribution in [0.3, 0.4) is 0 Å². The molecule has 1 aromatic heterocycles. The Balaban J connectivity index is 1.67. The summed E-state index contributed by atoms with van der Waals surface area (Å²) in [6.45, 7) is 4.01. The number of pyridine rings is 1. The van der Waals surface area contributed by atoms with E-state index in [2.05, 4.69) is 16.4 Å². The Kier molecular flexibility index (Phi) is 6.47. The van der Waals surface area contributed by atoms with Crippen molar-refractivity contribution in [2.75, 3.05) is 17.7 Å². The largest absolute Gasteiger partial charge is 0.462 e. The smallest absolute Gasteiger partial charge is 0.338 e. The lowest BCUT2D eigenvalue weighted by Crippen LogP contribution is -2.14. The molecule has 0 aliphatic rings. The molecule has 1 N–H and O–H groups in total. The van der Waals surface area contributed by atoms with Crippen LogP contribution >= 0.6 is 11.8 Å². The minimum Gasteiger partial charge on any atom is -0.462 e. The van der Waals surface area contributed by atoms with Gasteiger partial charge in [0.15, 0.2) is 0 Å². The predicted octanol–water partition coefficient (Wildman–Crippen LogP) is 4.32. The van der Waals surface area contributed by atoms with Gasteiger partial charge in [0.25, 0.3) is 0 Å². The Labute approximate surface area is 172 Å². The molecule has 3 rings (SSSR count). The number of nitrogens with zero attached hydrogens (tertiary/aromatic N) is 2. The van der Waals surface area contributed by atoms with E-state index in [1.165, 1.54) is 11.8 Å². The van der Waals surface area contributed by atoms with E-state index in [-0.39, 0.29) is 11.7 Å². The summed E-state index contributed by atoms with van der Waals surface area (Å²) in [5.74, 6) is -0.518. The summed E-state index contributed by atoms with van der Waals surface area (Å²) < 4.78 is 4.93. The summed E-state index contributed by atoms with van der Waals surface area (Å²) in [5, 5.41) is 13.6. The Morgan fingerprint density at radius 1 is 1.21 bits per heavy atom. The number of nitriles is 1. The zero-order valence-corrected chi connectivity index (χ0v) is 16.9. The monoisotopic (exact) mass is 405 g/mol. The quantitative estimate of drug-likeness (QED) is 0.485. The third-order valence-electron chi connectivity index (χ3n) is 4.15. The lowest BCUT2D eigenvalue weighted by molar-refractivity contribution is -0.113. The van der Waals surface area contributed by atoms with Gasteiger partial charge in [-0.3, -0.25) is 4.79 Å². The number of ether oxygens (including phenoxy) is 1. The minimum atomic E-state index is -0.400. The fourth-order valence-electron chi connectivity index (χ4n) is 2.76. The van der Waals surface area contributed by atoms with Gasteiger partial charge in [-0.1, -0.05) is 30.0 Å². The zero-order chi connectivity index (χ0) is 20.8. The van der Waals surface area contributed by atoms with Crippen LogP contribution in [-0.2, 0) is 9.53 Å². The molecule has 3 aromatic rings. The number of para-hydroxylation sites is 1. The maximum atomic E-state index is 12.3. The van der Waals surface area contributed by atoms with E-state index >= 15 is 0 Å². The molecule has 29 heavy (non-hydrogen) atoms. The van der Waals surface area contributed by atoms with Gasteiger partial charge in [-0.15, -0.1) is 0 Å². The van der Waals surface area contributed by atoms with Crippen LogP contribution in [0.2, 0.25) is 0 Å². The molecule has 0 unspecified atom stereocenters. The number of fused-ring (bicyclic) bond motifs is 1. The predicted molar refractivity (Wildman–Crippen MR) is 113 cm³/mol. The normalized spacial score (nSPS) is 10.4. The molecule has 146 valence electrons. The molecule has 1 amide bonds. The summed E-state index contributed by atoms with van der Waals surface area (Å²) in [6, 6.07) is 16.2. The molecule has 2 aromatic carbocycles. The molecule has 0 bridgehead atoms. The van der Waals surface area contributed by atoms with Gasteiger partial charge in [-0.2, -0.15) is 5.26 Å². The molecule has 0 fully saturated rings. The van der Waals surface area contributed by atoms with E-state index in [9.17, 15) is 14.9 Å². The molecule has 0 atom stereocenters. The number of amides is 1. The third-order valence-corrected chi connectivity index (χ3v) is 5.14. The van der Waals surface area contributed by atoms with Gasteiger partial charge in [-0.05, 0) is 49.7 Å². The van der Waals surface area contributed by atoms with Crippen LogP contribution in [0.5, 0.6) is 0 Å². The molecule has 7 heteroatoms. The molecule has 0 aliphatic carbocycles. The number of hydrogen-bond donors (Lipinski definition) is 1. The highest BCUT2D eigenvalue weighted by Crippen LogP contribution is 2.26. The Morgan fingerprint density at radius 3 is 2.66 bits per heavy atom. The molecule has 0 spiro atoms. The fraction of sp³-hybridized carbons (Fsp3) is 0.182. The van der Waals surface area contributed by atoms with Crippen molar-refractivity contribution in [1.29, 1.82) is 5.26 Å². The molecular weight excluding hydrogens is 386 g/mol. The summed E-state index contributed by atoms with van der Waals surface area (Å²) in [7, 11) is 0. The second-order valence-corrected chi connectivity index (χ2v) is 7.20. The number of rotatable bonds is 6. The first kappa shape index (κ1) is 20.4. The number of esters is 1. The number of nitrogens with one attached hydrogen (secondary N) is 1. The minimum absolute atomic E-state index is 0.110. The van der Waals surface area contributed by atoms with Crippen molar-refractivity contribution >= 4 is 40.2 Å². The number of thioether (sulfide) groups is 1. The second kappa shape index (κ2) is 9.22. The van der Waals surface area contributed by atoms with Crippen molar-refractivity contribution in [3.05, 3.63) is 65.2 Å². The van der Waals surface area contributed by atoms with Crippen LogP contribution in [0.25, 0.3) is 10.9 Å². The lowest BCUT2D eigenvalue weighted by atomic mass is 10.1. The summed E-state index contributed by atoms with van der Waals surface area (Å²) >= 11 is 1.22. The maximum Gasteiger partial charge on any atom is 0.338 e. The molecule has 0 radical (unpaired) electrons. The molecule has 0 saturated heterocycles. The van der Waals surface area contributed by atoms with E-state index < -0.39 is 5.97 Å². The van der Waals surface area contributed by atoms with Gasteiger partial charge >= 0.3 is 5.97 Å². The van der Waals surface area contributed by atoms with Crippen LogP contribution in [-0.4, -0.2) is 29.2 Å². The Morgan fingerprint density at radius 2 is 1.97 bits per heavy atom. The molecule has 0 aliphatic heterocycles. The van der Waals surface area contributed by atoms with Crippen LogP contribution in [0.15, 0.2) is 53.6 Å². The van der Waals surface area contributed by atoms with Crippen molar-refractivity contribution < 1.29 is 14.3 Å². The number of carbonyl (C=O) groups is 2. The van der Waals surface area contributed by atoms with Gasteiger partial charge in [0.1, 0.15) is 11.1 Å². The van der Waals surface area contributed by atoms with Crippen molar-refractivity contribution in [2.45, 2.75) is 18.9 Å². The number of carbonyl (C=O) groups excluding carboxylic acids is 2. The number of benzene rings is 2. The zero-order valence-electron chi connectivity index (χ0n) is 16.1. The van der Waals surface area contributed by atoms with E-state index in [1.807, 2.05) is 25.1 Å². The third kappa shape index (κ3) is 4.92. The average Bonchev–Trinajstić information content (AvgIpc) is 2.72. The first-order chi connectivity index (χ1) is 14.0. The SMILES string of the molecule is CCOC(=O)c1ccc(NC(=O)CSc2nc3c(C)cccc3cc2C#N)cc1. The topological polar surface area (TPSA) is 92.1 Å². The first-order valence-corrected chi connectivity index (χ1v) is 10.0. The number of anilines is 1. The second-order valence-electron chi connectivity index (χ2n) is 6.23. The summed E-state index contributed by atoms with van der Waals surface area (Å²) in [6.07, 6.45) is 0. The molecule has 1 heterocycles. The Bertz CT molecular complexity index is 1100. The lowest BCUT2D eigenvalue weighted by Gasteiger charge is -2.08.